The van der Waals surface area contributed by atoms with Gasteiger partial charge >= 0.3 is 5.97 Å². The number of hydrogen-bond donors (Lipinski definition) is 3. The number of carbonyl (C=O) groups is 2. The number of aliphatic carboxylic acids is 1. The van der Waals surface area contributed by atoms with Gasteiger partial charge in [0, 0.05) is 12.1 Å². The van der Waals surface area contributed by atoms with Gasteiger partial charge in [0.25, 0.3) is 0 Å². The van der Waals surface area contributed by atoms with E-state index in [1.54, 1.807) is 24.3 Å². The van der Waals surface area contributed by atoms with Crippen molar-refractivity contribution in [3.05, 3.63) is 29.8 Å². The molecule has 5 nitrogen and oxygen atoms in total. The van der Waals surface area contributed by atoms with Crippen LogP contribution in [0.2, 0.25) is 0 Å². The number of halogens is 1. The van der Waals surface area contributed by atoms with Crippen molar-refractivity contribution in [3.63, 3.8) is 0 Å². The fraction of sp³-hybridized carbons (Fsp3) is 0.429. The zero-order valence-corrected chi connectivity index (χ0v) is 13.3. The van der Waals surface area contributed by atoms with Gasteiger partial charge in [0.15, 0.2) is 0 Å². The average molecular weight is 390 g/mol. The number of nitrogens with two attached hydrogens (primary N) is 1. The van der Waals surface area contributed by atoms with Gasteiger partial charge in [-0.15, -0.1) is 0 Å². The van der Waals surface area contributed by atoms with Crippen molar-refractivity contribution in [2.45, 2.75) is 31.7 Å². The van der Waals surface area contributed by atoms with E-state index < -0.39 is 12.0 Å². The highest BCUT2D eigenvalue weighted by Gasteiger charge is 2.12. The molecule has 0 spiro atoms. The minimum absolute atomic E-state index is 0.0190. The second kappa shape index (κ2) is 8.91. The smallest absolute Gasteiger partial charge is 0.320 e. The first-order valence-corrected chi connectivity index (χ1v) is 7.98. The van der Waals surface area contributed by atoms with Crippen LogP contribution in [0, 0.1) is 0 Å². The number of alkyl halides is 1. The molecule has 1 amide bonds. The summed E-state index contributed by atoms with van der Waals surface area (Å²) < 4.78 is 1.05. The van der Waals surface area contributed by atoms with Gasteiger partial charge in [0.05, 0.1) is 0 Å². The zero-order valence-electron chi connectivity index (χ0n) is 11.1. The first-order chi connectivity index (χ1) is 9.52. The summed E-state index contributed by atoms with van der Waals surface area (Å²) in [7, 11) is 0. The van der Waals surface area contributed by atoms with Gasteiger partial charge in [-0.2, -0.15) is 0 Å². The third kappa shape index (κ3) is 6.33. The maximum absolute atomic E-state index is 11.7. The minimum Gasteiger partial charge on any atom is -0.480 e. The average Bonchev–Trinajstić information content (AvgIpc) is 2.39. The molecule has 0 aliphatic rings. The quantitative estimate of drug-likeness (QED) is 0.361. The second-order valence-electron chi connectivity index (χ2n) is 4.54. The lowest BCUT2D eigenvalue weighted by Crippen LogP contribution is -2.32. The number of amides is 1. The number of nitrogens with one attached hydrogen (secondary N) is 1. The lowest BCUT2D eigenvalue weighted by atomic mass is 10.1. The van der Waals surface area contributed by atoms with E-state index in [9.17, 15) is 9.59 Å². The van der Waals surface area contributed by atoms with E-state index in [1.807, 2.05) is 0 Å². The molecule has 0 radical (unpaired) electrons. The maximum atomic E-state index is 11.7. The molecule has 0 saturated heterocycles. The molecule has 0 bridgehead atoms. The predicted octanol–water partition coefficient (Wildman–Crippen LogP) is 2.18. The first kappa shape index (κ1) is 16.9. The van der Waals surface area contributed by atoms with Gasteiger partial charge in [0.1, 0.15) is 6.04 Å². The maximum Gasteiger partial charge on any atom is 0.320 e. The summed E-state index contributed by atoms with van der Waals surface area (Å²) in [6.45, 7) is 0. The Morgan fingerprint density at radius 1 is 1.35 bits per heavy atom. The van der Waals surface area contributed by atoms with Crippen molar-refractivity contribution in [3.8, 4) is 0 Å². The summed E-state index contributed by atoms with van der Waals surface area (Å²) in [6.07, 6.45) is 2.65. The Kier molecular flexibility index (Phi) is 7.53. The number of carboxylic acid groups (broad SMARTS) is 1. The Balaban J connectivity index is 2.55. The van der Waals surface area contributed by atoms with E-state index >= 15 is 0 Å². The molecular formula is C14H19IN2O3. The van der Waals surface area contributed by atoms with Crippen LogP contribution in [0.5, 0.6) is 0 Å². The molecule has 0 aromatic heterocycles. The Morgan fingerprint density at radius 2 is 2.10 bits per heavy atom. The Bertz CT molecular complexity index is 465. The topological polar surface area (TPSA) is 92.4 Å². The molecule has 0 aliphatic carbocycles. The van der Waals surface area contributed by atoms with E-state index in [1.165, 1.54) is 0 Å². The van der Waals surface area contributed by atoms with E-state index in [-0.39, 0.29) is 12.3 Å². The second-order valence-corrected chi connectivity index (χ2v) is 5.62. The Morgan fingerprint density at radius 3 is 2.75 bits per heavy atom. The van der Waals surface area contributed by atoms with E-state index in [4.69, 9.17) is 10.8 Å². The molecule has 1 rings (SSSR count). The predicted molar refractivity (Wildman–Crippen MR) is 87.1 cm³/mol. The number of benzene rings is 1. The number of unbranched alkanes of at least 4 members (excludes halogenated alkanes) is 1. The van der Waals surface area contributed by atoms with E-state index in [0.717, 1.165) is 22.8 Å². The van der Waals surface area contributed by atoms with E-state index in [0.29, 0.717) is 12.1 Å². The summed E-state index contributed by atoms with van der Waals surface area (Å²) in [5.41, 5.74) is 6.97. The highest BCUT2D eigenvalue weighted by molar-refractivity contribution is 14.1. The molecule has 20 heavy (non-hydrogen) atoms. The summed E-state index contributed by atoms with van der Waals surface area (Å²) in [5, 5.41) is 11.6. The molecular weight excluding hydrogens is 371 g/mol. The van der Waals surface area contributed by atoms with Gasteiger partial charge in [0.2, 0.25) is 5.91 Å². The van der Waals surface area contributed by atoms with Gasteiger partial charge in [-0.25, -0.2) is 0 Å². The van der Waals surface area contributed by atoms with Crippen LogP contribution in [0.15, 0.2) is 24.3 Å². The number of hydrogen-bond acceptors (Lipinski definition) is 3. The van der Waals surface area contributed by atoms with Crippen LogP contribution in [-0.2, 0) is 16.0 Å². The lowest BCUT2D eigenvalue weighted by molar-refractivity contribution is -0.138. The normalized spacial score (nSPS) is 11.9. The largest absolute Gasteiger partial charge is 0.480 e. The van der Waals surface area contributed by atoms with Gasteiger partial charge in [-0.05, 0) is 41.4 Å². The van der Waals surface area contributed by atoms with Crippen LogP contribution >= 0.6 is 22.6 Å². The standard InChI is InChI=1S/C14H19IN2O3/c15-7-2-1-6-13(18)17-11-5-3-4-10(8-11)9-12(16)14(19)20/h3-5,8,12H,1-2,6-7,9,16H2,(H,17,18)(H,19,20)/t12-/m0/s1. The highest BCUT2D eigenvalue weighted by Crippen LogP contribution is 2.13. The SMILES string of the molecule is N[C@@H](Cc1cccc(NC(=O)CCCCI)c1)C(=O)O. The molecule has 1 aromatic carbocycles. The molecule has 0 saturated carbocycles. The molecule has 110 valence electrons. The van der Waals surface area contributed by atoms with Crippen LogP contribution < -0.4 is 11.1 Å². The van der Waals surface area contributed by atoms with Gasteiger partial charge < -0.3 is 16.2 Å². The molecule has 0 fully saturated rings. The molecule has 4 N–H and O–H groups in total. The van der Waals surface area contributed by atoms with Crippen LogP contribution in [0.3, 0.4) is 0 Å². The summed E-state index contributed by atoms with van der Waals surface area (Å²) in [4.78, 5) is 22.4. The molecule has 1 atom stereocenters. The van der Waals surface area contributed by atoms with Crippen molar-refractivity contribution in [1.82, 2.24) is 0 Å². The minimum atomic E-state index is -1.03. The Hall–Kier alpha value is -1.15. The third-order valence-electron chi connectivity index (χ3n) is 2.77. The van der Waals surface area contributed by atoms with E-state index in [2.05, 4.69) is 27.9 Å². The number of rotatable bonds is 8. The molecule has 1 aromatic rings. The summed E-state index contributed by atoms with van der Waals surface area (Å²) in [6, 6.07) is 6.20. The summed E-state index contributed by atoms with van der Waals surface area (Å²) in [5.74, 6) is -1.05. The first-order valence-electron chi connectivity index (χ1n) is 6.46. The molecule has 6 heteroatoms. The highest BCUT2D eigenvalue weighted by atomic mass is 127. The van der Waals surface area contributed by atoms with Crippen LogP contribution in [0.1, 0.15) is 24.8 Å². The third-order valence-corrected chi connectivity index (χ3v) is 3.53. The Labute approximate surface area is 132 Å². The van der Waals surface area contributed by atoms with Crippen molar-refractivity contribution in [2.75, 3.05) is 9.74 Å². The number of carbonyl (C=O) groups excluding carboxylic acids is 1. The fourth-order valence-electron chi connectivity index (χ4n) is 1.72. The van der Waals surface area contributed by atoms with Crippen molar-refractivity contribution in [2.24, 2.45) is 5.73 Å². The van der Waals surface area contributed by atoms with Crippen LogP contribution in [-0.4, -0.2) is 27.5 Å². The molecule has 0 unspecified atom stereocenters. The fourth-order valence-corrected chi connectivity index (χ4v) is 2.26. The van der Waals surface area contributed by atoms with Crippen molar-refractivity contribution >= 4 is 40.2 Å². The lowest BCUT2D eigenvalue weighted by Gasteiger charge is -2.09. The van der Waals surface area contributed by atoms with Crippen molar-refractivity contribution in [1.29, 1.82) is 0 Å². The molecule has 0 heterocycles. The van der Waals surface area contributed by atoms with Gasteiger partial charge in [-0.1, -0.05) is 34.7 Å². The number of anilines is 1. The monoisotopic (exact) mass is 390 g/mol. The van der Waals surface area contributed by atoms with Crippen LogP contribution in [0.25, 0.3) is 0 Å². The summed E-state index contributed by atoms with van der Waals surface area (Å²) >= 11 is 2.29. The van der Waals surface area contributed by atoms with Gasteiger partial charge in [-0.3, -0.25) is 9.59 Å². The van der Waals surface area contributed by atoms with Crippen LogP contribution in [0.4, 0.5) is 5.69 Å². The molecule has 0 aliphatic heterocycles. The number of carboxylic acids is 1. The van der Waals surface area contributed by atoms with Crippen molar-refractivity contribution < 1.29 is 14.7 Å². The zero-order chi connectivity index (χ0) is 15.0.